The molecule has 1 amide bonds. The highest BCUT2D eigenvalue weighted by Crippen LogP contribution is 2.25. The summed E-state index contributed by atoms with van der Waals surface area (Å²) in [5.41, 5.74) is 5.95. The van der Waals surface area contributed by atoms with Crippen LogP contribution in [0, 0.1) is 0 Å². The molecule has 0 unspecified atom stereocenters. The van der Waals surface area contributed by atoms with Crippen LogP contribution >= 0.6 is 0 Å². The van der Waals surface area contributed by atoms with Gasteiger partial charge in [0.05, 0.1) is 5.56 Å². The molecule has 1 fully saturated rings. The van der Waals surface area contributed by atoms with Crippen LogP contribution in [-0.2, 0) is 10.0 Å². The Morgan fingerprint density at radius 3 is 2.55 bits per heavy atom. The van der Waals surface area contributed by atoms with Crippen molar-refractivity contribution in [2.45, 2.75) is 42.7 Å². The Kier molecular flexibility index (Phi) is 4.17. The molecule has 0 aromatic carbocycles. The average Bonchev–Trinajstić information content (AvgIpc) is 2.86. The van der Waals surface area contributed by atoms with E-state index in [0.717, 1.165) is 38.0 Å². The Hall–Kier alpha value is -1.38. The van der Waals surface area contributed by atoms with Crippen LogP contribution in [0.5, 0.6) is 0 Å². The van der Waals surface area contributed by atoms with Gasteiger partial charge in [0, 0.05) is 18.2 Å². The highest BCUT2D eigenvalue weighted by Gasteiger charge is 2.28. The largest absolute Gasteiger partial charge is 0.451 e. The number of sulfonamides is 1. The van der Waals surface area contributed by atoms with Crippen molar-refractivity contribution in [1.29, 1.82) is 0 Å². The molecule has 0 saturated heterocycles. The fraction of sp³-hybridized carbons (Fsp3) is 0.583. The molecule has 5 N–H and O–H groups in total. The number of nitrogens with one attached hydrogen (secondary N) is 1. The third kappa shape index (κ3) is 3.59. The van der Waals surface area contributed by atoms with Crippen LogP contribution in [0.25, 0.3) is 0 Å². The highest BCUT2D eigenvalue weighted by molar-refractivity contribution is 7.89. The van der Waals surface area contributed by atoms with E-state index in [1.165, 1.54) is 6.42 Å². The summed E-state index contributed by atoms with van der Waals surface area (Å²) < 4.78 is 26.9. The van der Waals surface area contributed by atoms with E-state index in [1.807, 2.05) is 0 Å². The Bertz CT molecular complexity index is 588. The molecular formula is C12H19N3O4S. The van der Waals surface area contributed by atoms with E-state index in [1.54, 1.807) is 0 Å². The fourth-order valence-electron chi connectivity index (χ4n) is 2.38. The number of carbonyl (C=O) groups excluding carboxylic acids is 1. The molecule has 1 aromatic heterocycles. The summed E-state index contributed by atoms with van der Waals surface area (Å²) >= 11 is 0. The second kappa shape index (κ2) is 5.55. The zero-order valence-corrected chi connectivity index (χ0v) is 11.9. The van der Waals surface area contributed by atoms with Crippen molar-refractivity contribution in [1.82, 2.24) is 5.32 Å². The maximum atomic E-state index is 11.9. The van der Waals surface area contributed by atoms with Crippen LogP contribution in [0.4, 0.5) is 0 Å². The number of hydrogen-bond acceptors (Lipinski definition) is 5. The quantitative estimate of drug-likeness (QED) is 0.737. The molecule has 1 aliphatic rings. The summed E-state index contributed by atoms with van der Waals surface area (Å²) in [6, 6.07) is 1.11. The number of furan rings is 1. The maximum absolute atomic E-state index is 11.9. The van der Waals surface area contributed by atoms with Crippen molar-refractivity contribution < 1.29 is 17.6 Å². The van der Waals surface area contributed by atoms with Gasteiger partial charge in [-0.25, -0.2) is 13.6 Å². The Morgan fingerprint density at radius 2 is 2.00 bits per heavy atom. The van der Waals surface area contributed by atoms with Gasteiger partial charge in [-0.15, -0.1) is 0 Å². The Labute approximate surface area is 117 Å². The lowest BCUT2D eigenvalue weighted by atomic mass is 9.82. The molecular weight excluding hydrogens is 282 g/mol. The summed E-state index contributed by atoms with van der Waals surface area (Å²) in [6.07, 6.45) is 6.12. The molecule has 1 saturated carbocycles. The van der Waals surface area contributed by atoms with E-state index < -0.39 is 21.0 Å². The van der Waals surface area contributed by atoms with E-state index in [0.29, 0.717) is 6.54 Å². The predicted octanol–water partition coefficient (Wildman–Crippen LogP) is 0.318. The van der Waals surface area contributed by atoms with Crippen LogP contribution in [0.2, 0.25) is 0 Å². The molecule has 0 spiro atoms. The van der Waals surface area contributed by atoms with Gasteiger partial charge < -0.3 is 15.5 Å². The fourth-order valence-corrected chi connectivity index (χ4v) is 2.85. The standard InChI is InChI=1S/C12H19N3O4S/c13-12(4-2-1-3-5-12)8-15-11(16)9-6-10(19-7-9)20(14,17)18/h6-7H,1-5,8,13H2,(H,15,16)(H2,14,17,18). The van der Waals surface area contributed by atoms with E-state index in [2.05, 4.69) is 5.32 Å². The zero-order valence-electron chi connectivity index (χ0n) is 11.1. The molecule has 0 radical (unpaired) electrons. The van der Waals surface area contributed by atoms with Crippen molar-refractivity contribution in [2.24, 2.45) is 10.9 Å². The number of carbonyl (C=O) groups is 1. The SMILES string of the molecule is NC1(CNC(=O)c2coc(S(N)(=O)=O)c2)CCCCC1. The third-order valence-electron chi connectivity index (χ3n) is 3.57. The molecule has 7 nitrogen and oxygen atoms in total. The maximum Gasteiger partial charge on any atom is 0.271 e. The van der Waals surface area contributed by atoms with Crippen LogP contribution in [0.15, 0.2) is 21.8 Å². The number of rotatable bonds is 4. The van der Waals surface area contributed by atoms with Gasteiger partial charge in [0.15, 0.2) is 0 Å². The molecule has 8 heteroatoms. The van der Waals surface area contributed by atoms with E-state index >= 15 is 0 Å². The van der Waals surface area contributed by atoms with E-state index in [4.69, 9.17) is 15.3 Å². The van der Waals surface area contributed by atoms with Crippen LogP contribution < -0.4 is 16.2 Å². The number of amides is 1. The molecule has 2 rings (SSSR count). The van der Waals surface area contributed by atoms with Gasteiger partial charge in [-0.2, -0.15) is 0 Å². The summed E-state index contributed by atoms with van der Waals surface area (Å²) in [5.74, 6) is -0.418. The lowest BCUT2D eigenvalue weighted by Gasteiger charge is -2.33. The van der Waals surface area contributed by atoms with Crippen molar-refractivity contribution in [2.75, 3.05) is 6.54 Å². The summed E-state index contributed by atoms with van der Waals surface area (Å²) in [5, 5.41) is 7.20. The first-order valence-electron chi connectivity index (χ1n) is 6.49. The lowest BCUT2D eigenvalue weighted by molar-refractivity contribution is 0.0937. The van der Waals surface area contributed by atoms with Gasteiger partial charge in [0.1, 0.15) is 6.26 Å². The highest BCUT2D eigenvalue weighted by atomic mass is 32.2. The molecule has 1 heterocycles. The minimum absolute atomic E-state index is 0.119. The average molecular weight is 301 g/mol. The first kappa shape index (κ1) is 15.0. The summed E-state index contributed by atoms with van der Waals surface area (Å²) in [6.45, 7) is 0.363. The van der Waals surface area contributed by atoms with Gasteiger partial charge in [0.2, 0.25) is 5.09 Å². The molecule has 0 bridgehead atoms. The van der Waals surface area contributed by atoms with Gasteiger partial charge in [-0.05, 0) is 12.8 Å². The number of primary sulfonamides is 1. The van der Waals surface area contributed by atoms with Crippen LogP contribution in [-0.4, -0.2) is 26.4 Å². The molecule has 0 aliphatic heterocycles. The first-order chi connectivity index (χ1) is 9.30. The Balaban J connectivity index is 1.97. The monoisotopic (exact) mass is 301 g/mol. The van der Waals surface area contributed by atoms with Gasteiger partial charge in [-0.1, -0.05) is 19.3 Å². The van der Waals surface area contributed by atoms with Crippen LogP contribution in [0.3, 0.4) is 0 Å². The second-order valence-electron chi connectivity index (χ2n) is 5.31. The number of nitrogens with two attached hydrogens (primary N) is 2. The molecule has 1 aromatic rings. The molecule has 1 aliphatic carbocycles. The molecule has 112 valence electrons. The topological polar surface area (TPSA) is 128 Å². The minimum atomic E-state index is -3.93. The lowest BCUT2D eigenvalue weighted by Crippen LogP contribution is -2.51. The van der Waals surface area contributed by atoms with Gasteiger partial charge in [0.25, 0.3) is 15.9 Å². The summed E-state index contributed by atoms with van der Waals surface area (Å²) in [7, 11) is -3.93. The normalized spacial score (nSPS) is 18.7. The number of hydrogen-bond donors (Lipinski definition) is 3. The van der Waals surface area contributed by atoms with E-state index in [-0.39, 0.29) is 11.1 Å². The molecule has 0 atom stereocenters. The Morgan fingerprint density at radius 1 is 1.35 bits per heavy atom. The van der Waals surface area contributed by atoms with Crippen molar-refractivity contribution >= 4 is 15.9 Å². The second-order valence-corrected chi connectivity index (χ2v) is 6.80. The third-order valence-corrected chi connectivity index (χ3v) is 4.34. The van der Waals surface area contributed by atoms with Crippen LogP contribution in [0.1, 0.15) is 42.5 Å². The van der Waals surface area contributed by atoms with Gasteiger partial charge in [-0.3, -0.25) is 4.79 Å². The minimum Gasteiger partial charge on any atom is -0.451 e. The summed E-state index contributed by atoms with van der Waals surface area (Å²) in [4.78, 5) is 11.9. The van der Waals surface area contributed by atoms with Crippen molar-refractivity contribution in [3.63, 3.8) is 0 Å². The van der Waals surface area contributed by atoms with E-state index in [9.17, 15) is 13.2 Å². The predicted molar refractivity (Wildman–Crippen MR) is 72.4 cm³/mol. The smallest absolute Gasteiger partial charge is 0.271 e. The zero-order chi connectivity index (χ0) is 14.8. The first-order valence-corrected chi connectivity index (χ1v) is 8.03. The van der Waals surface area contributed by atoms with Crippen molar-refractivity contribution in [3.05, 3.63) is 17.9 Å². The molecule has 20 heavy (non-hydrogen) atoms. The van der Waals surface area contributed by atoms with Crippen molar-refractivity contribution in [3.8, 4) is 0 Å². The van der Waals surface area contributed by atoms with Gasteiger partial charge >= 0.3 is 0 Å².